The molecule has 0 fully saturated rings. The minimum atomic E-state index is -0.269. The lowest BCUT2D eigenvalue weighted by Crippen LogP contribution is -2.34. The summed E-state index contributed by atoms with van der Waals surface area (Å²) in [5.74, 6) is 0. The van der Waals surface area contributed by atoms with Gasteiger partial charge in [-0.15, -0.1) is 0 Å². The molecule has 4 rings (SSSR count). The van der Waals surface area contributed by atoms with E-state index < -0.39 is 0 Å². The van der Waals surface area contributed by atoms with Gasteiger partial charge in [0.15, 0.2) is 0 Å². The van der Waals surface area contributed by atoms with E-state index in [2.05, 4.69) is 16.8 Å². The maximum Gasteiger partial charge on any atom is 0.279 e. The highest BCUT2D eigenvalue weighted by atomic mass is 35.5. The smallest absolute Gasteiger partial charge is 0.279 e. The summed E-state index contributed by atoms with van der Waals surface area (Å²) in [5, 5.41) is 7.36. The van der Waals surface area contributed by atoms with Crippen molar-refractivity contribution in [3.8, 4) is 11.4 Å². The van der Waals surface area contributed by atoms with Crippen molar-refractivity contribution in [2.45, 2.75) is 6.92 Å². The van der Waals surface area contributed by atoms with Gasteiger partial charge in [0, 0.05) is 10.7 Å². The van der Waals surface area contributed by atoms with Crippen LogP contribution in [0.3, 0.4) is 0 Å². The summed E-state index contributed by atoms with van der Waals surface area (Å²) < 4.78 is 2.83. The van der Waals surface area contributed by atoms with Gasteiger partial charge in [-0.05, 0) is 49.4 Å². The molecule has 2 aromatic carbocycles. The van der Waals surface area contributed by atoms with Crippen molar-refractivity contribution in [1.29, 1.82) is 0 Å². The van der Waals surface area contributed by atoms with Crippen LogP contribution in [-0.4, -0.2) is 19.6 Å². The molecule has 0 bridgehead atoms. The molecule has 0 unspecified atom stereocenters. The number of para-hydroxylation sites is 1. The van der Waals surface area contributed by atoms with Crippen LogP contribution in [0.15, 0.2) is 64.2 Å². The molecule has 7 heteroatoms. The minimum Gasteiger partial charge on any atom is -0.295 e. The molecular formula is C21H17ClN4O2. The van der Waals surface area contributed by atoms with E-state index in [1.54, 1.807) is 37.3 Å². The topological polar surface area (TPSA) is 75.6 Å². The van der Waals surface area contributed by atoms with E-state index >= 15 is 0 Å². The first-order valence-electron chi connectivity index (χ1n) is 8.60. The molecule has 0 atom stereocenters. The van der Waals surface area contributed by atoms with Crippen LogP contribution in [0.4, 0.5) is 0 Å². The molecule has 0 saturated heterocycles. The maximum absolute atomic E-state index is 12.9. The van der Waals surface area contributed by atoms with E-state index in [0.29, 0.717) is 38.2 Å². The average molecular weight is 393 g/mol. The zero-order valence-electron chi connectivity index (χ0n) is 15.1. The quantitative estimate of drug-likeness (QED) is 0.558. The summed E-state index contributed by atoms with van der Waals surface area (Å²) in [6.45, 7) is 5.70. The predicted octanol–water partition coefficient (Wildman–Crippen LogP) is 1.85. The normalized spacial score (nSPS) is 11.9. The molecule has 28 heavy (non-hydrogen) atoms. The number of benzene rings is 2. The average Bonchev–Trinajstić information content (AvgIpc) is 3.14. The zero-order chi connectivity index (χ0) is 19.8. The Labute approximate surface area is 164 Å². The zero-order valence-corrected chi connectivity index (χ0v) is 15.8. The number of aromatic nitrogens is 4. The summed E-state index contributed by atoms with van der Waals surface area (Å²) in [7, 11) is 0. The van der Waals surface area contributed by atoms with Gasteiger partial charge in [-0.3, -0.25) is 19.8 Å². The number of hydrogen-bond donors (Lipinski definition) is 2. The molecule has 2 N–H and O–H groups in total. The van der Waals surface area contributed by atoms with E-state index in [4.69, 9.17) is 11.6 Å². The van der Waals surface area contributed by atoms with Crippen LogP contribution >= 0.6 is 11.6 Å². The first kappa shape index (κ1) is 17.9. The molecule has 6 nitrogen and oxygen atoms in total. The van der Waals surface area contributed by atoms with Crippen LogP contribution in [0.1, 0.15) is 11.3 Å². The summed E-state index contributed by atoms with van der Waals surface area (Å²) in [6, 6.07) is 16.1. The highest BCUT2D eigenvalue weighted by Gasteiger charge is 2.12. The van der Waals surface area contributed by atoms with E-state index in [-0.39, 0.29) is 11.1 Å². The van der Waals surface area contributed by atoms with Crippen molar-refractivity contribution in [3.05, 3.63) is 102 Å². The summed E-state index contributed by atoms with van der Waals surface area (Å²) in [5.41, 5.74) is 1.87. The summed E-state index contributed by atoms with van der Waals surface area (Å²) >= 11 is 5.92. The monoisotopic (exact) mass is 392 g/mol. The lowest BCUT2D eigenvalue weighted by Gasteiger charge is -2.00. The number of nitrogens with zero attached hydrogens (tertiary/aromatic N) is 2. The van der Waals surface area contributed by atoms with Crippen molar-refractivity contribution in [2.75, 3.05) is 0 Å². The standard InChI is InChI=1S/C21H17ClN4O2/c1-13-18(20(27)25(23-13)16-6-4-3-5-7-16)12-19-14(2)24-26(21(19)28)17-10-8-15(22)9-11-17/h3-12,23-24H,1H2,2H3. The second kappa shape index (κ2) is 6.90. The van der Waals surface area contributed by atoms with E-state index in [1.807, 2.05) is 30.3 Å². The predicted molar refractivity (Wildman–Crippen MR) is 111 cm³/mol. The van der Waals surface area contributed by atoms with Gasteiger partial charge in [-0.1, -0.05) is 36.4 Å². The van der Waals surface area contributed by atoms with Crippen LogP contribution in [0.25, 0.3) is 24.0 Å². The molecule has 0 aliphatic rings. The Morgan fingerprint density at radius 2 is 1.50 bits per heavy atom. The van der Waals surface area contributed by atoms with Crippen molar-refractivity contribution in [3.63, 3.8) is 0 Å². The largest absolute Gasteiger partial charge is 0.295 e. The fourth-order valence-electron chi connectivity index (χ4n) is 3.05. The van der Waals surface area contributed by atoms with Crippen molar-refractivity contribution in [2.24, 2.45) is 0 Å². The third-order valence-electron chi connectivity index (χ3n) is 4.51. The maximum atomic E-state index is 12.9. The molecule has 4 aromatic rings. The van der Waals surface area contributed by atoms with Crippen molar-refractivity contribution < 1.29 is 0 Å². The van der Waals surface area contributed by atoms with Crippen molar-refractivity contribution in [1.82, 2.24) is 19.6 Å². The van der Waals surface area contributed by atoms with Gasteiger partial charge in [0.05, 0.1) is 27.5 Å². The van der Waals surface area contributed by atoms with Crippen LogP contribution < -0.4 is 21.7 Å². The molecule has 0 radical (unpaired) electrons. The van der Waals surface area contributed by atoms with E-state index in [0.717, 1.165) is 0 Å². The SMILES string of the molecule is C=c1[nH]n(-c2ccccc2)c(=O)c1=Cc1c(C)[nH]n(-c2ccc(Cl)cc2)c1=O. The van der Waals surface area contributed by atoms with Gasteiger partial charge >= 0.3 is 0 Å². The Morgan fingerprint density at radius 1 is 0.893 bits per heavy atom. The highest BCUT2D eigenvalue weighted by Crippen LogP contribution is 2.12. The highest BCUT2D eigenvalue weighted by molar-refractivity contribution is 6.30. The van der Waals surface area contributed by atoms with Gasteiger partial charge in [0.2, 0.25) is 0 Å². The van der Waals surface area contributed by atoms with Gasteiger partial charge in [-0.25, -0.2) is 9.36 Å². The fraction of sp³-hybridized carbons (Fsp3) is 0.0476. The Bertz CT molecular complexity index is 1370. The molecule has 0 aliphatic heterocycles. The summed E-state index contributed by atoms with van der Waals surface area (Å²) in [4.78, 5) is 25.8. The van der Waals surface area contributed by atoms with E-state index in [1.165, 1.54) is 9.36 Å². The number of aryl methyl sites for hydroxylation is 1. The third-order valence-corrected chi connectivity index (χ3v) is 4.76. The molecule has 2 aromatic heterocycles. The van der Waals surface area contributed by atoms with Crippen molar-refractivity contribution >= 4 is 24.3 Å². The number of halogens is 1. The number of nitrogens with one attached hydrogen (secondary N) is 2. The van der Waals surface area contributed by atoms with Gasteiger partial charge in [0.1, 0.15) is 0 Å². The lowest BCUT2D eigenvalue weighted by molar-refractivity contribution is 0.835. The Hall–Kier alpha value is -3.51. The molecule has 140 valence electrons. The number of H-pyrrole nitrogens is 2. The molecule has 2 heterocycles. The molecule has 0 spiro atoms. The first-order chi connectivity index (χ1) is 13.5. The molecule has 0 saturated carbocycles. The van der Waals surface area contributed by atoms with Gasteiger partial charge in [-0.2, -0.15) is 0 Å². The summed E-state index contributed by atoms with van der Waals surface area (Å²) in [6.07, 6.45) is 1.57. The Kier molecular flexibility index (Phi) is 4.41. The van der Waals surface area contributed by atoms with Crippen LogP contribution in [-0.2, 0) is 0 Å². The molecule has 0 amide bonds. The number of rotatable bonds is 3. The van der Waals surface area contributed by atoms with Gasteiger partial charge in [0.25, 0.3) is 11.1 Å². The Morgan fingerprint density at radius 3 is 2.18 bits per heavy atom. The van der Waals surface area contributed by atoms with Crippen LogP contribution in [0.5, 0.6) is 0 Å². The number of hydrogen-bond acceptors (Lipinski definition) is 2. The Balaban J connectivity index is 1.89. The second-order valence-corrected chi connectivity index (χ2v) is 6.83. The number of aromatic amines is 2. The lowest BCUT2D eigenvalue weighted by atomic mass is 10.2. The van der Waals surface area contributed by atoms with Crippen LogP contribution in [0, 0.1) is 6.92 Å². The first-order valence-corrected chi connectivity index (χ1v) is 8.98. The second-order valence-electron chi connectivity index (χ2n) is 6.39. The minimum absolute atomic E-state index is 0.258. The molecular weight excluding hydrogens is 376 g/mol. The van der Waals surface area contributed by atoms with E-state index in [9.17, 15) is 9.59 Å². The molecule has 0 aliphatic carbocycles. The fourth-order valence-corrected chi connectivity index (χ4v) is 3.18. The third kappa shape index (κ3) is 3.04. The van der Waals surface area contributed by atoms with Gasteiger partial charge < -0.3 is 0 Å². The van der Waals surface area contributed by atoms with Crippen LogP contribution in [0.2, 0.25) is 5.02 Å².